The van der Waals surface area contributed by atoms with Crippen LogP contribution >= 0.6 is 0 Å². The Balaban J connectivity index is 2.41. The van der Waals surface area contributed by atoms with Gasteiger partial charge in [0.1, 0.15) is 48.5 Å². The first-order chi connectivity index (χ1) is 44.2. The molecule has 2 aromatic rings. The van der Waals surface area contributed by atoms with Crippen molar-refractivity contribution < 1.29 is 83.0 Å². The highest BCUT2D eigenvalue weighted by molar-refractivity contribution is 5.99. The predicted molar refractivity (Wildman–Crippen MR) is 342 cm³/mol. The maximum Gasteiger partial charge on any atom is 0.331 e. The number of carbonyl (C=O) groups excluding carboxylic acids is 11. The number of amides is 10. The highest BCUT2D eigenvalue weighted by Crippen LogP contribution is 2.25. The van der Waals surface area contributed by atoms with Crippen LogP contribution in [0.1, 0.15) is 112 Å². The average Bonchev–Trinajstić information content (AvgIpc) is 0.868. The Kier molecular flexibility index (Phi) is 33.4. The number of hydrogen-bond donors (Lipinski definition) is 20. The Morgan fingerprint density at radius 1 is 0.702 bits per heavy atom. The smallest absolute Gasteiger partial charge is 0.331 e. The van der Waals surface area contributed by atoms with Crippen molar-refractivity contribution >= 4 is 71.0 Å². The average molecular weight is 1330 g/mol. The minimum atomic E-state index is -2.57. The lowest BCUT2D eigenvalue weighted by molar-refractivity contribution is -0.159. The Bertz CT molecular complexity index is 2860. The van der Waals surface area contributed by atoms with E-state index in [1.807, 2.05) is 5.32 Å². The van der Waals surface area contributed by atoms with E-state index in [9.17, 15) is 68.7 Å². The molecule has 32 nitrogen and oxygen atoms in total. The summed E-state index contributed by atoms with van der Waals surface area (Å²) in [5, 5.41) is 90.9. The Morgan fingerprint density at radius 2 is 1.29 bits per heavy atom. The second kappa shape index (κ2) is 39.3. The van der Waals surface area contributed by atoms with Crippen molar-refractivity contribution in [1.82, 2.24) is 58.5 Å². The topological polar surface area (TPSA) is 532 Å². The van der Waals surface area contributed by atoms with Crippen LogP contribution in [0.25, 0.3) is 0 Å². The van der Waals surface area contributed by atoms with Gasteiger partial charge >= 0.3 is 5.97 Å². The molecule has 3 rings (SSSR count). The van der Waals surface area contributed by atoms with Gasteiger partial charge in [-0.1, -0.05) is 122 Å². The van der Waals surface area contributed by atoms with E-state index in [2.05, 4.69) is 53.2 Å². The predicted octanol–water partition coefficient (Wildman–Crippen LogP) is -4.99. The lowest BCUT2D eigenvalue weighted by atomic mass is 9.95. The lowest BCUT2D eigenvalue weighted by Gasteiger charge is -2.34. The number of nitrogens with two attached hydrogens (primary N) is 3. The molecular formula is C62H99N15O17. The summed E-state index contributed by atoms with van der Waals surface area (Å²) >= 11 is 0. The van der Waals surface area contributed by atoms with E-state index in [0.29, 0.717) is 0 Å². The molecule has 524 valence electrons. The zero-order valence-electron chi connectivity index (χ0n) is 54.7. The van der Waals surface area contributed by atoms with E-state index in [4.69, 9.17) is 27.3 Å². The fourth-order valence-corrected chi connectivity index (χ4v) is 10.0. The Labute approximate surface area is 546 Å². The summed E-state index contributed by atoms with van der Waals surface area (Å²) < 4.78 is 5.97. The minimum absolute atomic E-state index is 0.0294. The number of esters is 1. The standard InChI is InChI=1S/C62H99N15O17/c1-10-33(8)43-57(89)75-44(34(9)79)56(88)68-28-42(80)73-46(49(82)51(64)83)59(91)72-41(29-78)61(93)94-50(36-20-15-12-16-21-36)47(77-55(87)40(25-31(4)5)70-52(84)37(27-63)26-35-18-13-11-14-19-35)60(92)76-45(48(81)32(6)7)58(90)71-39(24-30(2)3)54(86)69-38(53(85)74-43)22-17-23-67-62(65)66/h11-16,18-21,30-34,37-41,43-50,57,75,78-79,81-82,89H,10,17,22-29,63H2,1-9H3,(H2,64,83)(H,68,88)(H,69,86)(H,70,84)(H,71,90)(H,72,91)(H,73,80)(H,74,85)(H,76,92)(H,77,87)(H4,65,66,67)/t33-,34-,37-,38+,39-,40-,41-,43-,44-,45-,46-,47-,48+,49-,50+,57?/m0/s1. The van der Waals surface area contributed by atoms with Crippen LogP contribution in [-0.2, 0) is 63.9 Å². The SMILES string of the molecule is CC[C@H](C)[C@@H]1NC(=O)[C@@H](CCCNC(=N)N)NC(=O)[C@H](CC(C)C)NC(=O)[C@H]([C@H](O)C(C)C)NC(=O)[C@@H](NC(=O)[C@H](CC(C)C)NC(=O)[C@H](CN)Cc2ccccc2)[C@@H](c2ccccc2)OC(=O)[C@H](CO)NC(=O)[C@H]([C@H](O)C(N)=O)NC(=O)CNC(=O)[C@H]([C@H](C)O)NC1O. The van der Waals surface area contributed by atoms with Crippen molar-refractivity contribution in [2.45, 2.75) is 186 Å². The fourth-order valence-electron chi connectivity index (χ4n) is 10.0. The first-order valence-electron chi connectivity index (χ1n) is 31.4. The van der Waals surface area contributed by atoms with Crippen molar-refractivity contribution in [1.29, 1.82) is 5.41 Å². The Morgan fingerprint density at radius 3 is 1.83 bits per heavy atom. The van der Waals surface area contributed by atoms with E-state index >= 15 is 9.59 Å². The summed E-state index contributed by atoms with van der Waals surface area (Å²) in [5.41, 5.74) is 17.7. The summed E-state index contributed by atoms with van der Waals surface area (Å²) in [6.45, 7) is 11.9. The third-order valence-corrected chi connectivity index (χ3v) is 15.6. The van der Waals surface area contributed by atoms with E-state index in [-0.39, 0.29) is 69.0 Å². The number of guanidine groups is 1. The number of rotatable bonds is 24. The van der Waals surface area contributed by atoms with Gasteiger partial charge in [-0.05, 0) is 73.8 Å². The zero-order chi connectivity index (χ0) is 70.7. The second-order valence-electron chi connectivity index (χ2n) is 24.6. The number of ether oxygens (including phenoxy) is 1. The van der Waals surface area contributed by atoms with Crippen molar-refractivity contribution in [2.75, 3.05) is 26.2 Å². The third kappa shape index (κ3) is 25.5. The third-order valence-electron chi connectivity index (χ3n) is 15.6. The molecule has 16 atom stereocenters. The molecule has 0 aliphatic carbocycles. The molecule has 2 aromatic carbocycles. The fraction of sp³-hybridized carbons (Fsp3) is 0.613. The van der Waals surface area contributed by atoms with Gasteiger partial charge in [-0.3, -0.25) is 58.7 Å². The molecule has 10 amide bonds. The summed E-state index contributed by atoms with van der Waals surface area (Å²) in [4.78, 5) is 157. The monoisotopic (exact) mass is 1330 g/mol. The van der Waals surface area contributed by atoms with Crippen LogP contribution in [0.15, 0.2) is 60.7 Å². The van der Waals surface area contributed by atoms with Gasteiger partial charge in [-0.15, -0.1) is 0 Å². The molecule has 1 aliphatic heterocycles. The van der Waals surface area contributed by atoms with Crippen molar-refractivity contribution in [2.24, 2.45) is 46.8 Å². The number of aliphatic hydroxyl groups excluding tert-OH is 5. The van der Waals surface area contributed by atoms with Gasteiger partial charge in [0.15, 0.2) is 24.2 Å². The van der Waals surface area contributed by atoms with Gasteiger partial charge in [-0.2, -0.15) is 0 Å². The van der Waals surface area contributed by atoms with Gasteiger partial charge in [0.05, 0.1) is 37.3 Å². The van der Waals surface area contributed by atoms with Gasteiger partial charge < -0.3 is 101 Å². The zero-order valence-corrected chi connectivity index (χ0v) is 54.7. The number of cyclic esters (lactones) is 1. The molecule has 94 heavy (non-hydrogen) atoms. The van der Waals surface area contributed by atoms with Crippen LogP contribution < -0.4 is 75.7 Å². The maximum atomic E-state index is 15.5. The first-order valence-corrected chi connectivity index (χ1v) is 31.4. The molecule has 1 aliphatic rings. The molecule has 1 fully saturated rings. The highest BCUT2D eigenvalue weighted by atomic mass is 16.5. The molecule has 1 unspecified atom stereocenters. The molecular weight excluding hydrogens is 1230 g/mol. The number of primary amides is 1. The number of benzene rings is 2. The molecule has 23 N–H and O–H groups in total. The number of aliphatic hydroxyl groups is 5. The molecule has 0 aromatic heterocycles. The van der Waals surface area contributed by atoms with Crippen molar-refractivity contribution in [3.8, 4) is 0 Å². The lowest BCUT2D eigenvalue weighted by Crippen LogP contribution is -2.64. The second-order valence-corrected chi connectivity index (χ2v) is 24.6. The highest BCUT2D eigenvalue weighted by Gasteiger charge is 2.44. The van der Waals surface area contributed by atoms with Crippen LogP contribution in [0.3, 0.4) is 0 Å². The number of nitrogens with one attached hydrogen (secondary N) is 12. The number of hydrogen-bond acceptors (Lipinski definition) is 20. The van der Waals surface area contributed by atoms with Gasteiger partial charge in [0.25, 0.3) is 0 Å². The quantitative estimate of drug-likeness (QED) is 0.0203. The normalized spacial score (nSPS) is 24.9. The molecule has 1 heterocycles. The molecule has 0 saturated carbocycles. The summed E-state index contributed by atoms with van der Waals surface area (Å²) in [6, 6.07) is -0.400. The van der Waals surface area contributed by atoms with Crippen LogP contribution in [0.5, 0.6) is 0 Å². The van der Waals surface area contributed by atoms with Crippen molar-refractivity contribution in [3.63, 3.8) is 0 Å². The number of carbonyl (C=O) groups is 11. The van der Waals surface area contributed by atoms with E-state index in [1.165, 1.54) is 44.2 Å². The van der Waals surface area contributed by atoms with Gasteiger partial charge in [0, 0.05) is 13.1 Å². The van der Waals surface area contributed by atoms with E-state index in [0.717, 1.165) is 12.5 Å². The van der Waals surface area contributed by atoms with Crippen LogP contribution in [0, 0.1) is 35.0 Å². The van der Waals surface area contributed by atoms with Gasteiger partial charge in [-0.25, -0.2) is 4.79 Å². The van der Waals surface area contributed by atoms with Crippen LogP contribution in [0.2, 0.25) is 0 Å². The first kappa shape index (κ1) is 79.8. The van der Waals surface area contributed by atoms with Gasteiger partial charge in [0.2, 0.25) is 59.1 Å². The van der Waals surface area contributed by atoms with Crippen LogP contribution in [0.4, 0.5) is 0 Å². The minimum Gasteiger partial charge on any atom is -0.453 e. The molecule has 0 spiro atoms. The molecule has 1 saturated heterocycles. The largest absolute Gasteiger partial charge is 0.453 e. The maximum absolute atomic E-state index is 15.5. The molecule has 32 heteroatoms. The van der Waals surface area contributed by atoms with E-state index in [1.54, 1.807) is 71.9 Å². The van der Waals surface area contributed by atoms with Crippen molar-refractivity contribution in [3.05, 3.63) is 71.8 Å². The summed E-state index contributed by atoms with van der Waals surface area (Å²) in [5.74, 6) is -16.7. The molecule has 0 bridgehead atoms. The molecule has 0 radical (unpaired) electrons. The van der Waals surface area contributed by atoms with E-state index < -0.39 is 187 Å². The van der Waals surface area contributed by atoms with Crippen LogP contribution in [-0.4, -0.2) is 202 Å². The summed E-state index contributed by atoms with van der Waals surface area (Å²) in [6.07, 6.45) is -9.77. The Hall–Kier alpha value is -8.40. The summed E-state index contributed by atoms with van der Waals surface area (Å²) in [7, 11) is 0.